The second kappa shape index (κ2) is 30.9. The molecule has 0 aliphatic carbocycles. The molecule has 228 valence electrons. The van der Waals surface area contributed by atoms with E-state index in [0.29, 0.717) is 12.8 Å². The summed E-state index contributed by atoms with van der Waals surface area (Å²) >= 11 is 0. The van der Waals surface area contributed by atoms with Gasteiger partial charge in [-0.1, -0.05) is 134 Å². The lowest BCUT2D eigenvalue weighted by Gasteiger charge is -2.15. The van der Waals surface area contributed by atoms with Crippen LogP contribution in [0.3, 0.4) is 0 Å². The fourth-order valence-electron chi connectivity index (χ4n) is 4.47. The van der Waals surface area contributed by atoms with Gasteiger partial charge in [0.25, 0.3) is 0 Å². The molecule has 0 heterocycles. The molecule has 5 nitrogen and oxygen atoms in total. The third-order valence-electron chi connectivity index (χ3n) is 6.98. The number of rotatable bonds is 29. The summed E-state index contributed by atoms with van der Waals surface area (Å²) in [5.41, 5.74) is 0. The van der Waals surface area contributed by atoms with Crippen molar-refractivity contribution >= 4 is 11.9 Å². The van der Waals surface area contributed by atoms with Crippen molar-refractivity contribution < 1.29 is 24.2 Å². The minimum Gasteiger partial charge on any atom is -0.462 e. The number of aliphatic hydroxyl groups excluding tert-OH is 1. The van der Waals surface area contributed by atoms with Crippen molar-refractivity contribution in [2.24, 2.45) is 0 Å². The molecule has 1 atom stereocenters. The predicted octanol–water partition coefficient (Wildman–Crippen LogP) is 9.56. The van der Waals surface area contributed by atoms with E-state index in [1.807, 2.05) is 0 Å². The summed E-state index contributed by atoms with van der Waals surface area (Å²) in [4.78, 5) is 24.1. The van der Waals surface area contributed by atoms with Crippen molar-refractivity contribution in [1.29, 1.82) is 0 Å². The summed E-state index contributed by atoms with van der Waals surface area (Å²) < 4.78 is 10.5. The first-order chi connectivity index (χ1) is 19.1. The largest absolute Gasteiger partial charge is 0.462 e. The van der Waals surface area contributed by atoms with Gasteiger partial charge in [-0.3, -0.25) is 9.59 Å². The molecule has 0 aromatic carbocycles. The monoisotopic (exact) mass is 550 g/mol. The number of carbonyl (C=O) groups excluding carboxylic acids is 2. The van der Waals surface area contributed by atoms with Gasteiger partial charge in [0, 0.05) is 12.8 Å². The Morgan fingerprint density at radius 2 is 1.08 bits per heavy atom. The zero-order valence-corrected chi connectivity index (χ0v) is 25.6. The van der Waals surface area contributed by atoms with Gasteiger partial charge in [-0.25, -0.2) is 0 Å². The van der Waals surface area contributed by atoms with Gasteiger partial charge in [0.1, 0.15) is 6.61 Å². The van der Waals surface area contributed by atoms with Gasteiger partial charge in [0.2, 0.25) is 0 Å². The minimum absolute atomic E-state index is 0.0682. The summed E-state index contributed by atoms with van der Waals surface area (Å²) in [6, 6.07) is 0. The van der Waals surface area contributed by atoms with Crippen LogP contribution in [0.25, 0.3) is 0 Å². The maximum Gasteiger partial charge on any atom is 0.306 e. The molecule has 1 N–H and O–H groups in total. The van der Waals surface area contributed by atoms with Gasteiger partial charge < -0.3 is 14.6 Å². The molecule has 1 unspecified atom stereocenters. The van der Waals surface area contributed by atoms with Crippen LogP contribution in [-0.4, -0.2) is 36.4 Å². The normalized spacial score (nSPS) is 12.4. The molecule has 0 saturated carbocycles. The van der Waals surface area contributed by atoms with Crippen molar-refractivity contribution in [3.05, 3.63) is 24.3 Å². The van der Waals surface area contributed by atoms with E-state index in [0.717, 1.165) is 57.8 Å². The first-order valence-corrected chi connectivity index (χ1v) is 16.4. The highest BCUT2D eigenvalue weighted by Gasteiger charge is 2.16. The molecule has 0 spiro atoms. The third-order valence-corrected chi connectivity index (χ3v) is 6.98. The maximum atomic E-state index is 12.1. The van der Waals surface area contributed by atoms with Crippen LogP contribution in [0, 0.1) is 0 Å². The highest BCUT2D eigenvalue weighted by Crippen LogP contribution is 2.13. The van der Waals surface area contributed by atoms with E-state index >= 15 is 0 Å². The summed E-state index contributed by atoms with van der Waals surface area (Å²) in [6.07, 6.45) is 33.7. The van der Waals surface area contributed by atoms with Crippen LogP contribution < -0.4 is 0 Å². The van der Waals surface area contributed by atoms with Crippen LogP contribution >= 0.6 is 0 Å². The molecule has 0 aromatic heterocycles. The van der Waals surface area contributed by atoms with Crippen molar-refractivity contribution in [2.75, 3.05) is 13.2 Å². The number of aliphatic hydroxyl groups is 1. The van der Waals surface area contributed by atoms with Crippen LogP contribution in [0.1, 0.15) is 162 Å². The smallest absolute Gasteiger partial charge is 0.306 e. The molecule has 0 radical (unpaired) electrons. The molecular formula is C34H62O5. The first-order valence-electron chi connectivity index (χ1n) is 16.4. The van der Waals surface area contributed by atoms with Crippen molar-refractivity contribution in [1.82, 2.24) is 0 Å². The lowest BCUT2D eigenvalue weighted by atomic mass is 10.0. The topological polar surface area (TPSA) is 72.8 Å². The number of hydrogen-bond acceptors (Lipinski definition) is 5. The molecule has 0 aromatic rings. The first kappa shape index (κ1) is 37.4. The van der Waals surface area contributed by atoms with E-state index in [4.69, 9.17) is 9.47 Å². The Morgan fingerprint density at radius 3 is 1.62 bits per heavy atom. The van der Waals surface area contributed by atoms with Crippen molar-refractivity contribution in [3.8, 4) is 0 Å². The van der Waals surface area contributed by atoms with E-state index < -0.39 is 6.10 Å². The van der Waals surface area contributed by atoms with Gasteiger partial charge >= 0.3 is 11.9 Å². The molecule has 0 fully saturated rings. The van der Waals surface area contributed by atoms with Crippen LogP contribution in [0.2, 0.25) is 0 Å². The lowest BCUT2D eigenvalue weighted by Crippen LogP contribution is -2.28. The number of allylic oxidation sites excluding steroid dienone is 4. The van der Waals surface area contributed by atoms with Gasteiger partial charge in [0.05, 0.1) is 6.61 Å². The fourth-order valence-corrected chi connectivity index (χ4v) is 4.47. The zero-order chi connectivity index (χ0) is 28.7. The number of ether oxygens (including phenoxy) is 2. The maximum absolute atomic E-state index is 12.1. The van der Waals surface area contributed by atoms with Gasteiger partial charge in [0.15, 0.2) is 6.10 Å². The Labute approximate surface area is 241 Å². The summed E-state index contributed by atoms with van der Waals surface area (Å²) in [6.45, 7) is 4.04. The highest BCUT2D eigenvalue weighted by molar-refractivity contribution is 5.70. The summed E-state index contributed by atoms with van der Waals surface area (Å²) in [7, 11) is 0. The Bertz CT molecular complexity index is 598. The van der Waals surface area contributed by atoms with Crippen LogP contribution in [0.5, 0.6) is 0 Å². The number of hydrogen-bond donors (Lipinski definition) is 1. The lowest BCUT2D eigenvalue weighted by molar-refractivity contribution is -0.161. The second-order valence-corrected chi connectivity index (χ2v) is 10.9. The molecule has 0 amide bonds. The quantitative estimate of drug-likeness (QED) is 0.0570. The molecular weight excluding hydrogens is 488 g/mol. The Kier molecular flexibility index (Phi) is 29.6. The van der Waals surface area contributed by atoms with E-state index in [2.05, 4.69) is 38.2 Å². The molecule has 0 bridgehead atoms. The molecule has 39 heavy (non-hydrogen) atoms. The molecule has 5 heteroatoms. The average Bonchev–Trinajstić information content (AvgIpc) is 2.94. The number of unbranched alkanes of at least 4 members (excludes halogenated alkanes) is 17. The molecule has 0 aliphatic heterocycles. The fraction of sp³-hybridized carbons (Fsp3) is 0.824. The summed E-state index contributed by atoms with van der Waals surface area (Å²) in [5, 5.41) is 9.48. The van der Waals surface area contributed by atoms with Gasteiger partial charge in [-0.05, 0) is 38.5 Å². The Balaban J connectivity index is 3.60. The van der Waals surface area contributed by atoms with Crippen LogP contribution in [0.15, 0.2) is 24.3 Å². The van der Waals surface area contributed by atoms with E-state index in [1.54, 1.807) is 0 Å². The third kappa shape index (κ3) is 29.2. The number of carbonyl (C=O) groups is 2. The van der Waals surface area contributed by atoms with Crippen molar-refractivity contribution in [3.63, 3.8) is 0 Å². The van der Waals surface area contributed by atoms with Crippen molar-refractivity contribution in [2.45, 2.75) is 168 Å². The highest BCUT2D eigenvalue weighted by atomic mass is 16.6. The standard InChI is InChI=1S/C34H62O5/c1-3-5-7-9-11-13-15-17-19-21-23-25-27-29-34(37)39-32(30-35)31-38-33(36)28-26-24-22-20-18-16-14-12-10-8-6-4-2/h7,9,13,15,32,35H,3-6,8,10-12,14,16-31H2,1-2H3/b9-7-,15-13-. The predicted molar refractivity (Wildman–Crippen MR) is 164 cm³/mol. The zero-order valence-electron chi connectivity index (χ0n) is 25.6. The Hall–Kier alpha value is -1.62. The minimum atomic E-state index is -0.771. The van der Waals surface area contributed by atoms with E-state index in [9.17, 15) is 14.7 Å². The molecule has 0 rings (SSSR count). The van der Waals surface area contributed by atoms with E-state index in [-0.39, 0.29) is 25.2 Å². The Morgan fingerprint density at radius 1 is 0.590 bits per heavy atom. The molecule has 0 aliphatic rings. The van der Waals surface area contributed by atoms with Crippen LogP contribution in [0.4, 0.5) is 0 Å². The molecule has 0 saturated heterocycles. The van der Waals surface area contributed by atoms with E-state index in [1.165, 1.54) is 77.0 Å². The van der Waals surface area contributed by atoms with Gasteiger partial charge in [-0.2, -0.15) is 0 Å². The number of esters is 2. The van der Waals surface area contributed by atoms with Crippen LogP contribution in [-0.2, 0) is 19.1 Å². The average molecular weight is 551 g/mol. The summed E-state index contributed by atoms with van der Waals surface area (Å²) in [5.74, 6) is -0.607. The second-order valence-electron chi connectivity index (χ2n) is 10.9. The SMILES string of the molecule is CCC/C=C\C/C=C\CCCCCCCC(=O)OC(CO)COC(=O)CCCCCCCCCCCCCC. The van der Waals surface area contributed by atoms with Gasteiger partial charge in [-0.15, -0.1) is 0 Å².